The van der Waals surface area contributed by atoms with Gasteiger partial charge in [-0.3, -0.25) is 9.55 Å². The van der Waals surface area contributed by atoms with E-state index in [4.69, 9.17) is 5.73 Å². The summed E-state index contributed by atoms with van der Waals surface area (Å²) in [5.74, 6) is 0. The van der Waals surface area contributed by atoms with E-state index in [-0.39, 0.29) is 5.69 Å². The molecule has 34 heavy (non-hydrogen) atoms. The molecular formula is C27H24N6O. The van der Waals surface area contributed by atoms with Crippen molar-refractivity contribution in [3.63, 3.8) is 0 Å². The minimum absolute atomic E-state index is 0.166. The number of para-hydroxylation sites is 2. The number of aryl methyl sites for hydroxylation is 1. The first-order chi connectivity index (χ1) is 16.6. The van der Waals surface area contributed by atoms with E-state index in [0.717, 1.165) is 50.1 Å². The number of benzene rings is 2. The third kappa shape index (κ3) is 3.17. The number of rotatable bonds is 5. The molecular weight excluding hydrogens is 424 g/mol. The molecule has 0 bridgehead atoms. The summed E-state index contributed by atoms with van der Waals surface area (Å²) < 4.78 is 5.99. The van der Waals surface area contributed by atoms with Crippen LogP contribution in [0.1, 0.15) is 11.4 Å². The SMILES string of the molecule is Cn1cc(-n2c(-c3cn(Cc4cccc(CN)n4)c4ccccc34)c[nH]c2=O)c2ccccc21. The smallest absolute Gasteiger partial charge is 0.330 e. The Kier molecular flexibility index (Phi) is 4.71. The molecule has 4 heterocycles. The van der Waals surface area contributed by atoms with E-state index in [1.54, 1.807) is 10.8 Å². The van der Waals surface area contributed by atoms with Gasteiger partial charge in [0.2, 0.25) is 0 Å². The number of hydrogen-bond donors (Lipinski definition) is 2. The zero-order valence-electron chi connectivity index (χ0n) is 18.8. The van der Waals surface area contributed by atoms with Gasteiger partial charge in [-0.2, -0.15) is 0 Å². The van der Waals surface area contributed by atoms with E-state index >= 15 is 0 Å². The fourth-order valence-electron chi connectivity index (χ4n) is 4.79. The van der Waals surface area contributed by atoms with Gasteiger partial charge >= 0.3 is 5.69 Å². The molecule has 0 aliphatic rings. The van der Waals surface area contributed by atoms with Crippen LogP contribution in [-0.2, 0) is 20.1 Å². The fraction of sp³-hybridized carbons (Fsp3) is 0.111. The molecule has 0 aliphatic heterocycles. The maximum absolute atomic E-state index is 13.0. The van der Waals surface area contributed by atoms with Crippen molar-refractivity contribution in [2.24, 2.45) is 12.8 Å². The van der Waals surface area contributed by atoms with Crippen molar-refractivity contribution >= 4 is 21.8 Å². The number of fused-ring (bicyclic) bond motifs is 2. The van der Waals surface area contributed by atoms with Crippen LogP contribution in [0.25, 0.3) is 38.8 Å². The summed E-state index contributed by atoms with van der Waals surface area (Å²) >= 11 is 0. The maximum atomic E-state index is 13.0. The average molecular weight is 449 g/mol. The molecule has 3 N–H and O–H groups in total. The van der Waals surface area contributed by atoms with E-state index in [1.165, 1.54) is 0 Å². The van der Waals surface area contributed by atoms with Crippen molar-refractivity contribution in [2.75, 3.05) is 0 Å². The third-order valence-corrected chi connectivity index (χ3v) is 6.36. The molecule has 0 aliphatic carbocycles. The van der Waals surface area contributed by atoms with Gasteiger partial charge in [-0.1, -0.05) is 42.5 Å². The number of nitrogens with zero attached hydrogens (tertiary/aromatic N) is 4. The Balaban J connectivity index is 1.54. The second-order valence-corrected chi connectivity index (χ2v) is 8.47. The van der Waals surface area contributed by atoms with Crippen molar-refractivity contribution in [2.45, 2.75) is 13.1 Å². The van der Waals surface area contributed by atoms with Crippen LogP contribution >= 0.6 is 0 Å². The number of hydrogen-bond acceptors (Lipinski definition) is 3. The number of aromatic amines is 1. The summed E-state index contributed by atoms with van der Waals surface area (Å²) in [6.07, 6.45) is 5.90. The van der Waals surface area contributed by atoms with E-state index in [0.29, 0.717) is 13.1 Å². The molecule has 0 atom stereocenters. The number of H-pyrrole nitrogens is 1. The molecule has 0 unspecified atom stereocenters. The normalized spacial score (nSPS) is 11.6. The van der Waals surface area contributed by atoms with Crippen LogP contribution in [0.2, 0.25) is 0 Å². The quantitative estimate of drug-likeness (QED) is 0.415. The summed E-state index contributed by atoms with van der Waals surface area (Å²) in [7, 11) is 2.00. The van der Waals surface area contributed by atoms with Crippen molar-refractivity contribution in [3.8, 4) is 16.9 Å². The molecule has 6 rings (SSSR count). The van der Waals surface area contributed by atoms with Crippen LogP contribution in [-0.4, -0.2) is 23.7 Å². The molecule has 0 amide bonds. The van der Waals surface area contributed by atoms with E-state index in [2.05, 4.69) is 38.9 Å². The minimum Gasteiger partial charge on any atom is -0.348 e. The lowest BCUT2D eigenvalue weighted by molar-refractivity contribution is 0.794. The molecule has 7 heteroatoms. The molecule has 0 fully saturated rings. The molecule has 0 saturated heterocycles. The standard InChI is InChI=1S/C27H24N6O/c1-31-17-26(21-10-3-4-11-23(21)31)33-25(14-29-27(33)34)22-16-32(24-12-5-2-9-20(22)24)15-19-8-6-7-18(13-28)30-19/h2-12,14,16-17H,13,15,28H2,1H3,(H,29,34). The maximum Gasteiger partial charge on any atom is 0.330 e. The molecule has 2 aromatic carbocycles. The lowest BCUT2D eigenvalue weighted by Gasteiger charge is -2.06. The Labute approximate surface area is 195 Å². The van der Waals surface area contributed by atoms with Crippen LogP contribution in [0.15, 0.2) is 90.1 Å². The Morgan fingerprint density at radius 3 is 2.44 bits per heavy atom. The van der Waals surface area contributed by atoms with Gasteiger partial charge in [0.25, 0.3) is 0 Å². The minimum atomic E-state index is -0.166. The average Bonchev–Trinajstić information content (AvgIpc) is 3.53. The summed E-state index contributed by atoms with van der Waals surface area (Å²) in [5.41, 5.74) is 12.2. The van der Waals surface area contributed by atoms with Gasteiger partial charge < -0.3 is 19.9 Å². The van der Waals surface area contributed by atoms with E-state index in [1.807, 2.05) is 66.3 Å². The Morgan fingerprint density at radius 2 is 1.62 bits per heavy atom. The lowest BCUT2D eigenvalue weighted by Crippen LogP contribution is -2.15. The first-order valence-corrected chi connectivity index (χ1v) is 11.2. The van der Waals surface area contributed by atoms with Crippen molar-refractivity contribution in [1.82, 2.24) is 23.7 Å². The zero-order chi connectivity index (χ0) is 23.2. The Bertz CT molecular complexity index is 1710. The number of aromatic nitrogens is 5. The summed E-state index contributed by atoms with van der Waals surface area (Å²) in [4.78, 5) is 20.6. The topological polar surface area (TPSA) is 86.6 Å². The highest BCUT2D eigenvalue weighted by Gasteiger charge is 2.19. The second-order valence-electron chi connectivity index (χ2n) is 8.47. The molecule has 7 nitrogen and oxygen atoms in total. The van der Waals surface area contributed by atoms with Gasteiger partial charge in [-0.25, -0.2) is 4.79 Å². The first-order valence-electron chi connectivity index (χ1n) is 11.2. The highest BCUT2D eigenvalue weighted by Crippen LogP contribution is 2.33. The highest BCUT2D eigenvalue weighted by molar-refractivity contribution is 5.96. The Hall–Kier alpha value is -4.36. The first kappa shape index (κ1) is 20.3. The molecule has 0 saturated carbocycles. The second kappa shape index (κ2) is 7.90. The van der Waals surface area contributed by atoms with Crippen LogP contribution in [0.3, 0.4) is 0 Å². The van der Waals surface area contributed by atoms with Gasteiger partial charge in [0.15, 0.2) is 0 Å². The van der Waals surface area contributed by atoms with Gasteiger partial charge in [-0.15, -0.1) is 0 Å². The monoisotopic (exact) mass is 448 g/mol. The predicted molar refractivity (Wildman–Crippen MR) is 135 cm³/mol. The number of pyridine rings is 1. The molecule has 168 valence electrons. The van der Waals surface area contributed by atoms with Crippen LogP contribution in [0, 0.1) is 0 Å². The van der Waals surface area contributed by atoms with Crippen molar-refractivity contribution in [1.29, 1.82) is 0 Å². The van der Waals surface area contributed by atoms with E-state index < -0.39 is 0 Å². The molecule has 6 aromatic rings. The van der Waals surface area contributed by atoms with Crippen LogP contribution in [0.4, 0.5) is 0 Å². The van der Waals surface area contributed by atoms with Crippen LogP contribution < -0.4 is 11.4 Å². The fourth-order valence-corrected chi connectivity index (χ4v) is 4.79. The molecule has 0 radical (unpaired) electrons. The van der Waals surface area contributed by atoms with Gasteiger partial charge in [0, 0.05) is 59.6 Å². The lowest BCUT2D eigenvalue weighted by atomic mass is 10.1. The van der Waals surface area contributed by atoms with Gasteiger partial charge in [-0.05, 0) is 24.3 Å². The molecule has 0 spiro atoms. The van der Waals surface area contributed by atoms with Gasteiger partial charge in [0.05, 0.1) is 29.3 Å². The highest BCUT2D eigenvalue weighted by atomic mass is 16.1. The van der Waals surface area contributed by atoms with Crippen molar-refractivity contribution in [3.05, 3.63) is 107 Å². The number of nitrogens with two attached hydrogens (primary N) is 1. The predicted octanol–water partition coefficient (Wildman–Crippen LogP) is 4.18. The largest absolute Gasteiger partial charge is 0.348 e. The zero-order valence-corrected chi connectivity index (χ0v) is 18.8. The Morgan fingerprint density at radius 1 is 0.882 bits per heavy atom. The van der Waals surface area contributed by atoms with Gasteiger partial charge in [0.1, 0.15) is 0 Å². The van der Waals surface area contributed by atoms with E-state index in [9.17, 15) is 4.79 Å². The van der Waals surface area contributed by atoms with Crippen molar-refractivity contribution < 1.29 is 0 Å². The summed E-state index contributed by atoms with van der Waals surface area (Å²) in [5, 5.41) is 2.10. The summed E-state index contributed by atoms with van der Waals surface area (Å²) in [6, 6.07) is 22.3. The number of imidazole rings is 1. The molecule has 4 aromatic heterocycles. The van der Waals surface area contributed by atoms with Crippen LogP contribution in [0.5, 0.6) is 0 Å². The number of nitrogens with one attached hydrogen (secondary N) is 1. The summed E-state index contributed by atoms with van der Waals surface area (Å²) in [6.45, 7) is 1.02. The third-order valence-electron chi connectivity index (χ3n) is 6.36.